The van der Waals surface area contributed by atoms with Gasteiger partial charge >= 0.3 is 0 Å². The summed E-state index contributed by atoms with van der Waals surface area (Å²) >= 11 is 0. The number of nitrogens with one attached hydrogen (secondary N) is 1. The topological polar surface area (TPSA) is 86.2 Å². The summed E-state index contributed by atoms with van der Waals surface area (Å²) in [7, 11) is 0.857. The molecular weight excluding hydrogens is 598 g/mol. The molecule has 1 N–H and O–H groups in total. The van der Waals surface area contributed by atoms with Gasteiger partial charge in [-0.05, 0) is 52.6 Å². The molecule has 7 nitrogen and oxygen atoms in total. The molecule has 232 valence electrons. The van der Waals surface area contributed by atoms with Crippen LogP contribution in [0.3, 0.4) is 0 Å². The smallest absolute Gasteiger partial charge is 0.240 e. The van der Waals surface area contributed by atoms with E-state index in [9.17, 15) is 17.2 Å². The van der Waals surface area contributed by atoms with E-state index in [1.807, 2.05) is 84.9 Å². The van der Waals surface area contributed by atoms with Gasteiger partial charge in [0, 0.05) is 17.7 Å². The van der Waals surface area contributed by atoms with Crippen molar-refractivity contribution in [2.45, 2.75) is 11.4 Å². The molecule has 0 unspecified atom stereocenters. The van der Waals surface area contributed by atoms with Gasteiger partial charge in [-0.15, -0.1) is 0 Å². The van der Waals surface area contributed by atoms with E-state index >= 15 is 0 Å². The number of oxime groups is 1. The first-order valence-corrected chi connectivity index (χ1v) is 15.2. The molecule has 0 amide bonds. The molecule has 0 aromatic heterocycles. The maximum atomic E-state index is 13.3. The van der Waals surface area contributed by atoms with E-state index in [-0.39, 0.29) is 11.4 Å². The number of rotatable bonds is 10. The minimum Gasteiger partial charge on any atom is -0.496 e. The number of para-hydroxylation sites is 2. The lowest BCUT2D eigenvalue weighted by molar-refractivity contribution is 0.215. The van der Waals surface area contributed by atoms with Crippen LogP contribution in [-0.4, -0.2) is 36.0 Å². The van der Waals surface area contributed by atoms with E-state index < -0.39 is 21.7 Å². The van der Waals surface area contributed by atoms with Crippen LogP contribution in [0.5, 0.6) is 11.5 Å². The minimum atomic E-state index is -3.95. The number of nitrogens with zero attached hydrogens (tertiary/aromatic N) is 1. The Morgan fingerprint density at radius 1 is 0.689 bits per heavy atom. The maximum Gasteiger partial charge on any atom is 0.240 e. The number of methoxy groups -OCH3 is 2. The van der Waals surface area contributed by atoms with Gasteiger partial charge < -0.3 is 14.3 Å². The van der Waals surface area contributed by atoms with Crippen molar-refractivity contribution in [3.05, 3.63) is 138 Å². The van der Waals surface area contributed by atoms with Crippen LogP contribution in [0.15, 0.2) is 125 Å². The van der Waals surface area contributed by atoms with Crippen molar-refractivity contribution in [2.75, 3.05) is 21.3 Å². The highest BCUT2D eigenvalue weighted by Gasteiger charge is 2.16. The van der Waals surface area contributed by atoms with Crippen LogP contribution in [0.4, 0.5) is 8.78 Å². The largest absolute Gasteiger partial charge is 0.496 e. The Morgan fingerprint density at radius 2 is 1.22 bits per heavy atom. The van der Waals surface area contributed by atoms with Gasteiger partial charge in [0.15, 0.2) is 11.6 Å². The van der Waals surface area contributed by atoms with Crippen molar-refractivity contribution in [1.82, 2.24) is 4.72 Å². The zero-order chi connectivity index (χ0) is 32.2. The molecule has 0 heterocycles. The zero-order valence-electron chi connectivity index (χ0n) is 24.9. The second-order valence-electron chi connectivity index (χ2n) is 9.54. The highest BCUT2D eigenvalue weighted by atomic mass is 32.2. The highest BCUT2D eigenvalue weighted by molar-refractivity contribution is 7.89. The Kier molecular flexibility index (Phi) is 11.4. The molecule has 45 heavy (non-hydrogen) atoms. The lowest BCUT2D eigenvalue weighted by atomic mass is 10.0. The minimum absolute atomic E-state index is 0.0214. The summed E-state index contributed by atoms with van der Waals surface area (Å²) in [5.74, 6) is -0.694. The van der Waals surface area contributed by atoms with E-state index in [1.165, 1.54) is 7.11 Å². The first kappa shape index (κ1) is 32.8. The Hall–Kier alpha value is -5.06. The van der Waals surface area contributed by atoms with E-state index in [1.54, 1.807) is 32.6 Å². The van der Waals surface area contributed by atoms with E-state index in [0.717, 1.165) is 57.0 Å². The van der Waals surface area contributed by atoms with Crippen molar-refractivity contribution < 1.29 is 31.5 Å². The third kappa shape index (κ3) is 8.75. The van der Waals surface area contributed by atoms with E-state index in [2.05, 4.69) is 14.7 Å². The summed E-state index contributed by atoms with van der Waals surface area (Å²) in [5, 5.41) is 3.73. The second-order valence-corrected chi connectivity index (χ2v) is 11.3. The molecule has 5 aromatic rings. The average Bonchev–Trinajstić information content (AvgIpc) is 3.08. The number of benzene rings is 5. The molecular formula is C35H32F2N2O5S. The summed E-state index contributed by atoms with van der Waals surface area (Å²) < 4.78 is 63.7. The molecule has 0 bridgehead atoms. The van der Waals surface area contributed by atoms with Crippen LogP contribution in [0.25, 0.3) is 22.3 Å². The summed E-state index contributed by atoms with van der Waals surface area (Å²) in [6, 6.07) is 33.3. The number of hydrogen-bond acceptors (Lipinski definition) is 6. The third-order valence-corrected chi connectivity index (χ3v) is 8.07. The first-order chi connectivity index (χ1) is 21.7. The van der Waals surface area contributed by atoms with Crippen LogP contribution in [-0.2, 0) is 21.4 Å². The van der Waals surface area contributed by atoms with Gasteiger partial charge in [-0.3, -0.25) is 0 Å². The Labute approximate surface area is 261 Å². The Bertz CT molecular complexity index is 1850. The number of hydrogen-bond donors (Lipinski definition) is 1. The summed E-state index contributed by atoms with van der Waals surface area (Å²) in [6.07, 6.45) is 1.67. The fourth-order valence-electron chi connectivity index (χ4n) is 4.34. The van der Waals surface area contributed by atoms with Gasteiger partial charge in [-0.1, -0.05) is 90.1 Å². The fraction of sp³-hybridized carbons (Fsp3) is 0.114. The SMILES string of the molecule is CON=Cc1ccc(-c2ccccc2OC)cc1.COc1ccccc1-c1ccc(CNS(=O)(=O)c2ccc(F)c(F)c2)cc1. The molecule has 0 atom stereocenters. The number of ether oxygens (including phenoxy) is 2. The number of halogens is 2. The van der Waals surface area contributed by atoms with Gasteiger partial charge in [0.2, 0.25) is 10.0 Å². The van der Waals surface area contributed by atoms with Crippen molar-refractivity contribution in [3.8, 4) is 33.8 Å². The fourth-order valence-corrected chi connectivity index (χ4v) is 5.37. The van der Waals surface area contributed by atoms with E-state index in [0.29, 0.717) is 6.07 Å². The molecule has 0 saturated heterocycles. The maximum absolute atomic E-state index is 13.3. The zero-order valence-corrected chi connectivity index (χ0v) is 25.7. The van der Waals surface area contributed by atoms with Crippen LogP contribution >= 0.6 is 0 Å². The summed E-state index contributed by atoms with van der Waals surface area (Å²) in [4.78, 5) is 4.32. The first-order valence-electron chi connectivity index (χ1n) is 13.7. The van der Waals surface area contributed by atoms with E-state index in [4.69, 9.17) is 9.47 Å². The standard InChI is InChI=1S/C20H17F2NO3S.C15H15NO2/c1-26-20-5-3-2-4-17(20)15-8-6-14(7-9-15)13-23-27(24,25)16-10-11-18(21)19(22)12-16;1-17-15-6-4-3-5-14(15)13-9-7-12(8-10-13)11-16-18-2/h2-12,23H,13H2,1H3;3-11H,1-2H3. The van der Waals surface area contributed by atoms with Gasteiger partial charge in [0.05, 0.1) is 25.3 Å². The van der Waals surface area contributed by atoms with Crippen molar-refractivity contribution in [2.24, 2.45) is 5.16 Å². The van der Waals surface area contributed by atoms with Crippen LogP contribution in [0.1, 0.15) is 11.1 Å². The molecule has 0 spiro atoms. The predicted octanol–water partition coefficient (Wildman–Crippen LogP) is 7.46. The Balaban J connectivity index is 0.000000222. The number of sulfonamides is 1. The molecule has 10 heteroatoms. The summed E-state index contributed by atoms with van der Waals surface area (Å²) in [5.41, 5.74) is 5.76. The molecule has 0 fully saturated rings. The normalized spacial score (nSPS) is 11.0. The van der Waals surface area contributed by atoms with Gasteiger partial charge in [0.1, 0.15) is 18.6 Å². The van der Waals surface area contributed by atoms with Crippen LogP contribution in [0.2, 0.25) is 0 Å². The van der Waals surface area contributed by atoms with Gasteiger partial charge in [-0.25, -0.2) is 21.9 Å². The lowest BCUT2D eigenvalue weighted by Crippen LogP contribution is -2.23. The molecule has 0 radical (unpaired) electrons. The molecule has 0 aliphatic heterocycles. The molecule has 0 saturated carbocycles. The molecule has 0 aliphatic rings. The van der Waals surface area contributed by atoms with Crippen molar-refractivity contribution in [1.29, 1.82) is 0 Å². The quantitative estimate of drug-likeness (QED) is 0.128. The lowest BCUT2D eigenvalue weighted by Gasteiger charge is -2.10. The molecule has 5 aromatic carbocycles. The molecule has 0 aliphatic carbocycles. The van der Waals surface area contributed by atoms with Gasteiger partial charge in [0.25, 0.3) is 0 Å². The molecule has 5 rings (SSSR count). The third-order valence-electron chi connectivity index (χ3n) is 6.68. The van der Waals surface area contributed by atoms with Crippen LogP contribution < -0.4 is 14.2 Å². The predicted molar refractivity (Wildman–Crippen MR) is 172 cm³/mol. The van der Waals surface area contributed by atoms with Crippen LogP contribution in [0, 0.1) is 11.6 Å². The highest BCUT2D eigenvalue weighted by Crippen LogP contribution is 2.30. The van der Waals surface area contributed by atoms with Crippen molar-refractivity contribution in [3.63, 3.8) is 0 Å². The van der Waals surface area contributed by atoms with Crippen molar-refractivity contribution >= 4 is 16.2 Å². The van der Waals surface area contributed by atoms with Gasteiger partial charge in [-0.2, -0.15) is 0 Å². The monoisotopic (exact) mass is 630 g/mol. The average molecular weight is 631 g/mol. The second kappa shape index (κ2) is 15.6. The summed E-state index contributed by atoms with van der Waals surface area (Å²) in [6.45, 7) is 0.0214. The Morgan fingerprint density at radius 3 is 1.73 bits per heavy atom.